The number of carbonyl (C=O) groups excluding carboxylic acids is 1. The van der Waals surface area contributed by atoms with Crippen LogP contribution in [0.1, 0.15) is 12.6 Å². The number of imidazole rings is 1. The summed E-state index contributed by atoms with van der Waals surface area (Å²) in [5, 5.41) is 0. The van der Waals surface area contributed by atoms with Crippen molar-refractivity contribution in [2.45, 2.75) is 13.8 Å². The van der Waals surface area contributed by atoms with Crippen LogP contribution in [-0.2, 0) is 4.79 Å². The van der Waals surface area contributed by atoms with Crippen molar-refractivity contribution >= 4 is 12.0 Å². The molecule has 0 bridgehead atoms. The van der Waals surface area contributed by atoms with Gasteiger partial charge in [-0.05, 0) is 38.1 Å². The lowest BCUT2D eigenvalue weighted by Crippen LogP contribution is -1.85. The number of carbonyl (C=O) groups is 1. The number of nitrogens with two attached hydrogens (primary N) is 1. The Labute approximate surface area is 130 Å². The van der Waals surface area contributed by atoms with Crippen molar-refractivity contribution < 1.29 is 4.79 Å². The fraction of sp³-hybridized carbons (Fsp3) is 0.111. The lowest BCUT2D eigenvalue weighted by molar-refractivity contribution is -0.106. The Bertz CT molecular complexity index is 731. The molecule has 0 saturated heterocycles. The second kappa shape index (κ2) is 7.22. The molecule has 0 aliphatic carbocycles. The van der Waals surface area contributed by atoms with Gasteiger partial charge in [-0.15, -0.1) is 0 Å². The summed E-state index contributed by atoms with van der Waals surface area (Å²) in [5.41, 5.74) is 10.7. The van der Waals surface area contributed by atoms with Gasteiger partial charge < -0.3 is 15.5 Å². The molecule has 1 aromatic heterocycles. The summed E-state index contributed by atoms with van der Waals surface area (Å²) >= 11 is 0. The maximum atomic E-state index is 8.81. The van der Waals surface area contributed by atoms with Gasteiger partial charge in [-0.1, -0.05) is 30.3 Å². The molecule has 0 fully saturated rings. The number of nitrogen functional groups attached to an aromatic ring is 1. The van der Waals surface area contributed by atoms with Gasteiger partial charge in [0.1, 0.15) is 12.1 Å². The van der Waals surface area contributed by atoms with E-state index in [1.54, 1.807) is 0 Å². The molecule has 0 amide bonds. The average molecular weight is 293 g/mol. The average Bonchev–Trinajstić information content (AvgIpc) is 2.92. The van der Waals surface area contributed by atoms with Crippen LogP contribution in [0, 0.1) is 6.92 Å². The van der Waals surface area contributed by atoms with Gasteiger partial charge in [-0.3, -0.25) is 0 Å². The Morgan fingerprint density at radius 1 is 1.00 bits per heavy atom. The Morgan fingerprint density at radius 2 is 1.59 bits per heavy atom. The Balaban J connectivity index is 0.000000545. The van der Waals surface area contributed by atoms with E-state index in [4.69, 9.17) is 10.5 Å². The maximum Gasteiger partial charge on any atom is 0.138 e. The molecule has 0 radical (unpaired) electrons. The number of hydrogen-bond donors (Lipinski definition) is 2. The molecule has 0 unspecified atom stereocenters. The van der Waals surface area contributed by atoms with Crippen LogP contribution in [0.3, 0.4) is 0 Å². The topological polar surface area (TPSA) is 71.8 Å². The number of aromatic amines is 1. The maximum absolute atomic E-state index is 8.81. The van der Waals surface area contributed by atoms with Crippen molar-refractivity contribution in [2.24, 2.45) is 0 Å². The van der Waals surface area contributed by atoms with E-state index in [2.05, 4.69) is 22.1 Å². The molecule has 0 atom stereocenters. The zero-order valence-electron chi connectivity index (χ0n) is 12.7. The van der Waals surface area contributed by atoms with Crippen molar-refractivity contribution in [1.82, 2.24) is 9.97 Å². The normalized spacial score (nSPS) is 9.73. The van der Waals surface area contributed by atoms with E-state index in [0.29, 0.717) is 0 Å². The first kappa shape index (κ1) is 15.5. The number of anilines is 1. The number of nitrogens with zero attached hydrogens (tertiary/aromatic N) is 1. The van der Waals surface area contributed by atoms with Crippen LogP contribution in [0.4, 0.5) is 5.69 Å². The molecule has 4 heteroatoms. The smallest absolute Gasteiger partial charge is 0.138 e. The van der Waals surface area contributed by atoms with Crippen molar-refractivity contribution in [3.8, 4) is 22.6 Å². The molecule has 0 aliphatic heterocycles. The molecule has 22 heavy (non-hydrogen) atoms. The highest BCUT2D eigenvalue weighted by atomic mass is 16.1. The molecule has 112 valence electrons. The van der Waals surface area contributed by atoms with E-state index in [1.807, 2.05) is 49.4 Å². The number of benzene rings is 2. The highest BCUT2D eigenvalue weighted by Gasteiger charge is 2.09. The van der Waals surface area contributed by atoms with Crippen LogP contribution >= 0.6 is 0 Å². The number of aromatic nitrogens is 2. The van der Waals surface area contributed by atoms with Crippen LogP contribution in [0.2, 0.25) is 0 Å². The molecule has 0 aliphatic rings. The molecule has 3 aromatic rings. The van der Waals surface area contributed by atoms with Gasteiger partial charge in [0.2, 0.25) is 0 Å². The van der Waals surface area contributed by atoms with Gasteiger partial charge in [0.05, 0.1) is 5.69 Å². The summed E-state index contributed by atoms with van der Waals surface area (Å²) < 4.78 is 0. The monoisotopic (exact) mass is 293 g/mol. The summed E-state index contributed by atoms with van der Waals surface area (Å²) in [7, 11) is 0. The van der Waals surface area contributed by atoms with Gasteiger partial charge in [-0.25, -0.2) is 4.98 Å². The zero-order chi connectivity index (χ0) is 15.9. The largest absolute Gasteiger partial charge is 0.399 e. The van der Waals surface area contributed by atoms with Gasteiger partial charge in [0.25, 0.3) is 0 Å². The van der Waals surface area contributed by atoms with Crippen LogP contribution < -0.4 is 5.73 Å². The number of rotatable bonds is 2. The lowest BCUT2D eigenvalue weighted by atomic mass is 10.1. The van der Waals surface area contributed by atoms with E-state index in [0.717, 1.165) is 40.3 Å². The predicted molar refractivity (Wildman–Crippen MR) is 90.3 cm³/mol. The van der Waals surface area contributed by atoms with Gasteiger partial charge in [-0.2, -0.15) is 0 Å². The molecule has 1 heterocycles. The summed E-state index contributed by atoms with van der Waals surface area (Å²) in [6, 6.07) is 17.9. The summed E-state index contributed by atoms with van der Waals surface area (Å²) in [4.78, 5) is 16.8. The van der Waals surface area contributed by atoms with Crippen molar-refractivity contribution in [3.05, 3.63) is 60.3 Å². The van der Waals surface area contributed by atoms with Crippen LogP contribution in [0.25, 0.3) is 22.6 Å². The minimum Gasteiger partial charge on any atom is -0.399 e. The number of aryl methyl sites for hydroxylation is 1. The number of hydrogen-bond acceptors (Lipinski definition) is 3. The quantitative estimate of drug-likeness (QED) is 0.557. The zero-order valence-corrected chi connectivity index (χ0v) is 12.7. The number of H-pyrrole nitrogens is 1. The molecule has 3 N–H and O–H groups in total. The third kappa shape index (κ3) is 3.61. The van der Waals surface area contributed by atoms with Crippen molar-refractivity contribution in [3.63, 3.8) is 0 Å². The third-order valence-electron chi connectivity index (χ3n) is 3.12. The van der Waals surface area contributed by atoms with Crippen LogP contribution in [0.5, 0.6) is 0 Å². The van der Waals surface area contributed by atoms with E-state index < -0.39 is 0 Å². The van der Waals surface area contributed by atoms with Gasteiger partial charge in [0, 0.05) is 22.5 Å². The summed E-state index contributed by atoms with van der Waals surface area (Å²) in [6.45, 7) is 3.48. The first-order chi connectivity index (χ1) is 10.7. The summed E-state index contributed by atoms with van der Waals surface area (Å²) in [6.07, 6.45) is 0.750. The Kier molecular flexibility index (Phi) is 5.09. The third-order valence-corrected chi connectivity index (χ3v) is 3.12. The first-order valence-corrected chi connectivity index (χ1v) is 7.03. The molecule has 0 saturated carbocycles. The number of aldehydes is 1. The molecule has 3 rings (SSSR count). The summed E-state index contributed by atoms with van der Waals surface area (Å²) in [5.74, 6) is 0.872. The van der Waals surface area contributed by atoms with E-state index in [9.17, 15) is 0 Å². The Morgan fingerprint density at radius 3 is 2.18 bits per heavy atom. The molecule has 0 spiro atoms. The second-order valence-electron chi connectivity index (χ2n) is 4.78. The minimum absolute atomic E-state index is 0.750. The standard InChI is InChI=1S/C16H15N3.C2H4O/c1-11-15(12-5-3-2-4-6-12)19-16(18-11)13-7-9-14(17)10-8-13;1-2-3/h2-10H,17H2,1H3,(H,18,19);2H,1H3. The van der Waals surface area contributed by atoms with E-state index in [1.165, 1.54) is 6.92 Å². The highest BCUT2D eigenvalue weighted by molar-refractivity contribution is 5.67. The fourth-order valence-corrected chi connectivity index (χ4v) is 2.12. The second-order valence-corrected chi connectivity index (χ2v) is 4.78. The lowest BCUT2D eigenvalue weighted by Gasteiger charge is -1.97. The van der Waals surface area contributed by atoms with E-state index >= 15 is 0 Å². The molecular formula is C18H19N3O. The SMILES string of the molecule is CC=O.Cc1[nH]c(-c2ccc(N)cc2)nc1-c1ccccc1. The molecular weight excluding hydrogens is 274 g/mol. The highest BCUT2D eigenvalue weighted by Crippen LogP contribution is 2.25. The van der Waals surface area contributed by atoms with Gasteiger partial charge >= 0.3 is 0 Å². The van der Waals surface area contributed by atoms with Gasteiger partial charge in [0.15, 0.2) is 0 Å². The van der Waals surface area contributed by atoms with Crippen molar-refractivity contribution in [1.29, 1.82) is 0 Å². The van der Waals surface area contributed by atoms with Crippen molar-refractivity contribution in [2.75, 3.05) is 5.73 Å². The van der Waals surface area contributed by atoms with Crippen LogP contribution in [-0.4, -0.2) is 16.3 Å². The fourth-order valence-electron chi connectivity index (χ4n) is 2.12. The predicted octanol–water partition coefficient (Wildman–Crippen LogP) is 3.84. The van der Waals surface area contributed by atoms with E-state index in [-0.39, 0.29) is 0 Å². The molecule has 2 aromatic carbocycles. The first-order valence-electron chi connectivity index (χ1n) is 7.03. The molecule has 4 nitrogen and oxygen atoms in total. The minimum atomic E-state index is 0.750. The van der Waals surface area contributed by atoms with Crippen LogP contribution in [0.15, 0.2) is 54.6 Å². The Hall–Kier alpha value is -2.88. The number of nitrogens with one attached hydrogen (secondary N) is 1.